The molecule has 0 N–H and O–H groups in total. The first-order chi connectivity index (χ1) is 8.29. The molecule has 1 aromatic rings. The second kappa shape index (κ2) is 4.55. The number of halogens is 1. The number of likely N-dealkylation sites (N-methyl/N-ethyl adjacent to an activating group) is 1. The molecule has 0 spiro atoms. The van der Waals surface area contributed by atoms with Gasteiger partial charge in [-0.1, -0.05) is 0 Å². The Bertz CT molecular complexity index is 577. The van der Waals surface area contributed by atoms with E-state index < -0.39 is 9.05 Å². The Hall–Kier alpha value is -1.08. The summed E-state index contributed by atoms with van der Waals surface area (Å²) in [6.45, 7) is 1.72. The molecule has 1 fully saturated rings. The van der Waals surface area contributed by atoms with Crippen molar-refractivity contribution in [3.05, 3.63) is 12.0 Å². The number of hydrogen-bond donors (Lipinski definition) is 0. The van der Waals surface area contributed by atoms with Crippen LogP contribution in [0.2, 0.25) is 0 Å². The van der Waals surface area contributed by atoms with Crippen LogP contribution in [0.15, 0.2) is 11.2 Å². The van der Waals surface area contributed by atoms with Crippen molar-refractivity contribution in [1.82, 2.24) is 14.5 Å². The number of carbonyl (C=O) groups is 1. The SMILES string of the molecule is Cc1nc(S(=O)(=O)Cl)cn1CC(=O)N(C)C1CC1. The number of amides is 1. The van der Waals surface area contributed by atoms with Crippen LogP contribution in [0.1, 0.15) is 18.7 Å². The summed E-state index contributed by atoms with van der Waals surface area (Å²) in [4.78, 5) is 17.4. The van der Waals surface area contributed by atoms with Crippen molar-refractivity contribution >= 4 is 25.6 Å². The van der Waals surface area contributed by atoms with E-state index in [-0.39, 0.29) is 17.5 Å². The Morgan fingerprint density at radius 2 is 2.22 bits per heavy atom. The van der Waals surface area contributed by atoms with Crippen molar-refractivity contribution < 1.29 is 13.2 Å². The molecular formula is C10H14ClN3O3S. The highest BCUT2D eigenvalue weighted by atomic mass is 35.7. The summed E-state index contributed by atoms with van der Waals surface area (Å²) in [7, 11) is 3.11. The lowest BCUT2D eigenvalue weighted by atomic mass is 10.4. The van der Waals surface area contributed by atoms with Crippen LogP contribution in [0.3, 0.4) is 0 Å². The van der Waals surface area contributed by atoms with Gasteiger partial charge < -0.3 is 9.47 Å². The number of aryl methyl sites for hydroxylation is 1. The normalized spacial score (nSPS) is 15.7. The number of carbonyl (C=O) groups excluding carboxylic acids is 1. The van der Waals surface area contributed by atoms with Crippen LogP contribution in [0, 0.1) is 6.92 Å². The molecule has 0 saturated heterocycles. The standard InChI is InChI=1S/C10H14ClN3O3S/c1-7-12-9(18(11,16)17)5-14(7)6-10(15)13(2)8-3-4-8/h5,8H,3-4,6H2,1-2H3. The maximum atomic E-state index is 11.9. The van der Waals surface area contributed by atoms with E-state index in [1.54, 1.807) is 18.9 Å². The smallest absolute Gasteiger partial charge is 0.280 e. The predicted octanol–water partition coefficient (Wildman–Crippen LogP) is 0.740. The van der Waals surface area contributed by atoms with Gasteiger partial charge in [0, 0.05) is 30.0 Å². The highest BCUT2D eigenvalue weighted by molar-refractivity contribution is 8.13. The minimum Gasteiger partial charge on any atom is -0.341 e. The average Bonchev–Trinajstić information content (AvgIpc) is 3.02. The highest BCUT2D eigenvalue weighted by Crippen LogP contribution is 2.25. The Labute approximate surface area is 110 Å². The van der Waals surface area contributed by atoms with Crippen molar-refractivity contribution in [3.63, 3.8) is 0 Å². The van der Waals surface area contributed by atoms with Crippen molar-refractivity contribution in [2.75, 3.05) is 7.05 Å². The van der Waals surface area contributed by atoms with Gasteiger partial charge in [-0.15, -0.1) is 0 Å². The van der Waals surface area contributed by atoms with E-state index in [2.05, 4.69) is 4.98 Å². The largest absolute Gasteiger partial charge is 0.341 e. The van der Waals surface area contributed by atoms with Crippen LogP contribution in [-0.2, 0) is 20.4 Å². The van der Waals surface area contributed by atoms with Gasteiger partial charge in [-0.2, -0.15) is 0 Å². The number of hydrogen-bond acceptors (Lipinski definition) is 4. The third-order valence-corrected chi connectivity index (χ3v) is 4.17. The van der Waals surface area contributed by atoms with E-state index in [1.165, 1.54) is 10.8 Å². The molecule has 18 heavy (non-hydrogen) atoms. The second-order valence-corrected chi connectivity index (χ2v) is 6.94. The van der Waals surface area contributed by atoms with Gasteiger partial charge in [0.15, 0.2) is 5.03 Å². The summed E-state index contributed by atoms with van der Waals surface area (Å²) in [5, 5.41) is -0.219. The first-order valence-corrected chi connectivity index (χ1v) is 7.84. The third-order valence-electron chi connectivity index (χ3n) is 3.00. The van der Waals surface area contributed by atoms with Crippen molar-refractivity contribution in [1.29, 1.82) is 0 Å². The second-order valence-electron chi connectivity index (χ2n) is 4.43. The molecule has 2 rings (SSSR count). The van der Waals surface area contributed by atoms with E-state index in [0.717, 1.165) is 12.8 Å². The molecule has 1 heterocycles. The van der Waals surface area contributed by atoms with Gasteiger partial charge in [0.05, 0.1) is 0 Å². The molecular weight excluding hydrogens is 278 g/mol. The van der Waals surface area contributed by atoms with Gasteiger partial charge in [0.2, 0.25) is 5.91 Å². The Morgan fingerprint density at radius 1 is 1.61 bits per heavy atom. The van der Waals surface area contributed by atoms with Crippen molar-refractivity contribution in [2.24, 2.45) is 0 Å². The molecule has 6 nitrogen and oxygen atoms in total. The molecule has 0 radical (unpaired) electrons. The summed E-state index contributed by atoms with van der Waals surface area (Å²) in [6.07, 6.45) is 3.36. The van der Waals surface area contributed by atoms with Crippen LogP contribution in [0.25, 0.3) is 0 Å². The lowest BCUT2D eigenvalue weighted by Gasteiger charge is -2.16. The van der Waals surface area contributed by atoms with E-state index in [0.29, 0.717) is 11.9 Å². The summed E-state index contributed by atoms with van der Waals surface area (Å²) in [6, 6.07) is 0.331. The molecule has 8 heteroatoms. The van der Waals surface area contributed by atoms with E-state index >= 15 is 0 Å². The van der Waals surface area contributed by atoms with E-state index in [9.17, 15) is 13.2 Å². The highest BCUT2D eigenvalue weighted by Gasteiger charge is 2.29. The molecule has 0 bridgehead atoms. The molecule has 100 valence electrons. The molecule has 1 aliphatic carbocycles. The van der Waals surface area contributed by atoms with Crippen LogP contribution in [0.4, 0.5) is 0 Å². The van der Waals surface area contributed by atoms with Crippen LogP contribution in [0.5, 0.6) is 0 Å². The number of imidazole rings is 1. The molecule has 1 aromatic heterocycles. The summed E-state index contributed by atoms with van der Waals surface area (Å²) in [5.74, 6) is 0.392. The van der Waals surface area contributed by atoms with E-state index in [1.807, 2.05) is 0 Å². The molecule has 1 aliphatic rings. The van der Waals surface area contributed by atoms with Gasteiger partial charge >= 0.3 is 0 Å². The third kappa shape index (κ3) is 2.84. The van der Waals surface area contributed by atoms with Crippen LogP contribution < -0.4 is 0 Å². The fraction of sp³-hybridized carbons (Fsp3) is 0.600. The maximum absolute atomic E-state index is 11.9. The number of rotatable bonds is 4. The van der Waals surface area contributed by atoms with Gasteiger partial charge in [-0.3, -0.25) is 4.79 Å². The minimum absolute atomic E-state index is 0.0588. The van der Waals surface area contributed by atoms with Gasteiger partial charge in [-0.05, 0) is 19.8 Å². The molecule has 0 atom stereocenters. The monoisotopic (exact) mass is 291 g/mol. The van der Waals surface area contributed by atoms with Crippen LogP contribution >= 0.6 is 10.7 Å². The zero-order chi connectivity index (χ0) is 13.5. The lowest BCUT2D eigenvalue weighted by Crippen LogP contribution is -2.32. The Morgan fingerprint density at radius 3 is 2.67 bits per heavy atom. The Kier molecular flexibility index (Phi) is 3.37. The first kappa shape index (κ1) is 13.4. The topological polar surface area (TPSA) is 72.3 Å². The molecule has 0 aromatic carbocycles. The summed E-state index contributed by atoms with van der Waals surface area (Å²) in [5.41, 5.74) is 0. The van der Waals surface area contributed by atoms with Crippen LogP contribution in [-0.4, -0.2) is 41.9 Å². The zero-order valence-corrected chi connectivity index (χ0v) is 11.7. The van der Waals surface area contributed by atoms with Gasteiger partial charge in [0.25, 0.3) is 9.05 Å². The fourth-order valence-corrected chi connectivity index (χ4v) is 2.40. The molecule has 0 unspecified atom stereocenters. The van der Waals surface area contributed by atoms with Crippen molar-refractivity contribution in [2.45, 2.75) is 37.4 Å². The van der Waals surface area contributed by atoms with E-state index in [4.69, 9.17) is 10.7 Å². The summed E-state index contributed by atoms with van der Waals surface area (Å²) >= 11 is 0. The average molecular weight is 292 g/mol. The van der Waals surface area contributed by atoms with Crippen molar-refractivity contribution in [3.8, 4) is 0 Å². The predicted molar refractivity (Wildman–Crippen MR) is 65.8 cm³/mol. The quantitative estimate of drug-likeness (QED) is 0.767. The first-order valence-electron chi connectivity index (χ1n) is 5.53. The molecule has 1 saturated carbocycles. The minimum atomic E-state index is -3.85. The van der Waals surface area contributed by atoms with Gasteiger partial charge in [0.1, 0.15) is 12.4 Å². The Balaban J connectivity index is 2.14. The number of nitrogens with zero attached hydrogens (tertiary/aromatic N) is 3. The number of aromatic nitrogens is 2. The lowest BCUT2D eigenvalue weighted by molar-refractivity contribution is -0.131. The molecule has 0 aliphatic heterocycles. The summed E-state index contributed by atoms with van der Waals surface area (Å²) < 4.78 is 23.8. The van der Waals surface area contributed by atoms with Gasteiger partial charge in [-0.25, -0.2) is 13.4 Å². The zero-order valence-electron chi connectivity index (χ0n) is 10.1. The fourth-order valence-electron chi connectivity index (χ4n) is 1.68. The molecule has 1 amide bonds. The maximum Gasteiger partial charge on any atom is 0.280 e.